The maximum absolute atomic E-state index is 11.3. The van der Waals surface area contributed by atoms with Crippen molar-refractivity contribution in [2.24, 2.45) is 0 Å². The zero-order chi connectivity index (χ0) is 22.0. The second-order valence-corrected chi connectivity index (χ2v) is 9.15. The van der Waals surface area contributed by atoms with Crippen molar-refractivity contribution < 1.29 is 14.9 Å². The number of rotatable bonds is 3. The van der Waals surface area contributed by atoms with E-state index in [-0.39, 0.29) is 6.61 Å². The smallest absolute Gasteiger partial charge is 0.165 e. The summed E-state index contributed by atoms with van der Waals surface area (Å²) in [6, 6.07) is 9.95. The zero-order valence-corrected chi connectivity index (χ0v) is 18.2. The van der Waals surface area contributed by atoms with Gasteiger partial charge in [0.25, 0.3) is 0 Å². The summed E-state index contributed by atoms with van der Waals surface area (Å²) in [4.78, 5) is 14.5. The quantitative estimate of drug-likeness (QED) is 0.518. The molecular weight excluding hydrogens is 404 g/mol. The number of aromatic nitrogens is 4. The third-order valence-corrected chi connectivity index (χ3v) is 6.94. The normalized spacial score (nSPS) is 23.8. The molecule has 0 radical (unpaired) electrons. The molecule has 7 heteroatoms. The molecule has 7 nitrogen and oxygen atoms in total. The van der Waals surface area contributed by atoms with E-state index < -0.39 is 11.7 Å². The highest BCUT2D eigenvalue weighted by atomic mass is 16.5. The van der Waals surface area contributed by atoms with E-state index in [2.05, 4.69) is 16.5 Å². The molecule has 1 aromatic carbocycles. The van der Waals surface area contributed by atoms with Gasteiger partial charge in [0.2, 0.25) is 0 Å². The van der Waals surface area contributed by atoms with Gasteiger partial charge in [-0.15, -0.1) is 0 Å². The summed E-state index contributed by atoms with van der Waals surface area (Å²) in [5.74, 6) is 1.30. The van der Waals surface area contributed by atoms with Crippen LogP contribution in [0.4, 0.5) is 0 Å². The Balaban J connectivity index is 1.58. The van der Waals surface area contributed by atoms with Crippen LogP contribution in [0.15, 0.2) is 36.5 Å². The Kier molecular flexibility index (Phi) is 4.37. The van der Waals surface area contributed by atoms with E-state index >= 15 is 0 Å². The predicted octanol–water partition coefficient (Wildman–Crippen LogP) is 3.41. The van der Waals surface area contributed by atoms with E-state index in [0.717, 1.165) is 45.0 Å². The van der Waals surface area contributed by atoms with Crippen molar-refractivity contribution in [1.82, 2.24) is 19.4 Å². The Morgan fingerprint density at radius 3 is 2.75 bits per heavy atom. The molecule has 0 amide bonds. The van der Waals surface area contributed by atoms with Crippen molar-refractivity contribution in [3.63, 3.8) is 0 Å². The van der Waals surface area contributed by atoms with Gasteiger partial charge < -0.3 is 14.9 Å². The van der Waals surface area contributed by atoms with Crippen LogP contribution in [-0.2, 0) is 10.3 Å². The Morgan fingerprint density at radius 2 is 1.97 bits per heavy atom. The lowest BCUT2D eigenvalue weighted by Gasteiger charge is -2.37. The molecule has 1 aliphatic carbocycles. The minimum Gasteiger partial charge on any atom is -0.387 e. The molecule has 4 aromatic rings. The molecule has 1 saturated carbocycles. The van der Waals surface area contributed by atoms with Crippen LogP contribution < -0.4 is 0 Å². The number of hydrogen-bond donors (Lipinski definition) is 2. The SMILES string of the molecule is Cc1ccc(C2(O)CCOCC2O)cc1-c1ncc2c(C)nc3ccc(C4CC4)nc3n12. The zero-order valence-electron chi connectivity index (χ0n) is 18.2. The molecule has 0 spiro atoms. The maximum Gasteiger partial charge on any atom is 0.165 e. The Bertz CT molecular complexity index is 1360. The van der Waals surface area contributed by atoms with E-state index in [1.165, 1.54) is 12.8 Å². The van der Waals surface area contributed by atoms with Crippen molar-refractivity contribution in [3.05, 3.63) is 59.0 Å². The van der Waals surface area contributed by atoms with Crippen LogP contribution in [0.3, 0.4) is 0 Å². The highest BCUT2D eigenvalue weighted by Gasteiger charge is 2.40. The van der Waals surface area contributed by atoms with Crippen LogP contribution in [0.5, 0.6) is 0 Å². The third-order valence-electron chi connectivity index (χ3n) is 6.94. The van der Waals surface area contributed by atoms with E-state index in [1.807, 2.05) is 38.2 Å². The fraction of sp³-hybridized carbons (Fsp3) is 0.400. The summed E-state index contributed by atoms with van der Waals surface area (Å²) in [5.41, 5.74) is 5.83. The van der Waals surface area contributed by atoms with E-state index in [9.17, 15) is 10.2 Å². The molecule has 2 aliphatic rings. The molecule has 2 fully saturated rings. The number of aryl methyl sites for hydroxylation is 2. The number of aliphatic hydroxyl groups is 2. The van der Waals surface area contributed by atoms with Gasteiger partial charge in [-0.3, -0.25) is 4.40 Å². The molecule has 32 heavy (non-hydrogen) atoms. The van der Waals surface area contributed by atoms with Crippen LogP contribution in [0, 0.1) is 13.8 Å². The standard InChI is InChI=1S/C25H26N4O3/c1-14-3-6-17(25(31)9-10-32-13-22(25)30)11-18(14)23-26-12-21-15(2)27-20-8-7-19(16-4-5-16)28-24(20)29(21)23/h3,6-8,11-12,16,22,30-31H,4-5,9-10,13H2,1-2H3. The Labute approximate surface area is 185 Å². The van der Waals surface area contributed by atoms with Crippen LogP contribution in [0.25, 0.3) is 28.1 Å². The highest BCUT2D eigenvalue weighted by Crippen LogP contribution is 2.40. The molecular formula is C25H26N4O3. The van der Waals surface area contributed by atoms with E-state index in [4.69, 9.17) is 19.7 Å². The Morgan fingerprint density at radius 1 is 1.12 bits per heavy atom. The predicted molar refractivity (Wildman–Crippen MR) is 121 cm³/mol. The molecule has 1 aliphatic heterocycles. The number of ether oxygens (including phenoxy) is 1. The lowest BCUT2D eigenvalue weighted by Crippen LogP contribution is -2.47. The molecule has 2 atom stereocenters. The first-order valence-corrected chi connectivity index (χ1v) is 11.2. The summed E-state index contributed by atoms with van der Waals surface area (Å²) in [6.07, 6.45) is 3.58. The van der Waals surface area contributed by atoms with Gasteiger partial charge in [-0.1, -0.05) is 12.1 Å². The topological polar surface area (TPSA) is 92.8 Å². The lowest BCUT2D eigenvalue weighted by molar-refractivity contribution is -0.158. The first-order valence-electron chi connectivity index (χ1n) is 11.2. The van der Waals surface area contributed by atoms with E-state index in [1.54, 1.807) is 0 Å². The number of nitrogens with zero attached hydrogens (tertiary/aromatic N) is 4. The monoisotopic (exact) mass is 430 g/mol. The minimum absolute atomic E-state index is 0.120. The molecule has 1 saturated heterocycles. The minimum atomic E-state index is -1.34. The molecule has 0 bridgehead atoms. The lowest BCUT2D eigenvalue weighted by atomic mass is 9.83. The van der Waals surface area contributed by atoms with Crippen molar-refractivity contribution in [2.45, 2.75) is 50.7 Å². The highest BCUT2D eigenvalue weighted by molar-refractivity contribution is 5.80. The van der Waals surface area contributed by atoms with Crippen molar-refractivity contribution >= 4 is 16.7 Å². The summed E-state index contributed by atoms with van der Waals surface area (Å²) >= 11 is 0. The van der Waals surface area contributed by atoms with Crippen molar-refractivity contribution in [3.8, 4) is 11.4 Å². The van der Waals surface area contributed by atoms with Crippen LogP contribution in [-0.4, -0.2) is 48.9 Å². The number of pyridine rings is 1. The molecule has 2 unspecified atom stereocenters. The largest absolute Gasteiger partial charge is 0.387 e. The van der Waals surface area contributed by atoms with Gasteiger partial charge in [-0.25, -0.2) is 15.0 Å². The summed E-state index contributed by atoms with van der Waals surface area (Å²) in [6.45, 7) is 4.55. The first kappa shape index (κ1) is 19.8. The van der Waals surface area contributed by atoms with Crippen LogP contribution >= 0.6 is 0 Å². The third kappa shape index (κ3) is 2.96. The summed E-state index contributed by atoms with van der Waals surface area (Å²) in [5, 5.41) is 21.8. The van der Waals surface area contributed by atoms with Gasteiger partial charge in [0.1, 0.15) is 23.0 Å². The first-order chi connectivity index (χ1) is 15.5. The fourth-order valence-electron chi connectivity index (χ4n) is 4.76. The van der Waals surface area contributed by atoms with Gasteiger partial charge in [0, 0.05) is 30.2 Å². The van der Waals surface area contributed by atoms with Crippen molar-refractivity contribution in [2.75, 3.05) is 13.2 Å². The average molecular weight is 431 g/mol. The second kappa shape index (κ2) is 7.07. The number of benzene rings is 1. The second-order valence-electron chi connectivity index (χ2n) is 9.15. The molecule has 6 rings (SSSR count). The number of imidazole rings is 1. The van der Waals surface area contributed by atoms with E-state index in [0.29, 0.717) is 24.5 Å². The molecule has 4 heterocycles. The number of aliphatic hydroxyl groups excluding tert-OH is 1. The van der Waals surface area contributed by atoms with Gasteiger partial charge in [0.15, 0.2) is 5.65 Å². The van der Waals surface area contributed by atoms with Gasteiger partial charge in [-0.05, 0) is 56.0 Å². The fourth-order valence-corrected chi connectivity index (χ4v) is 4.76. The summed E-state index contributed by atoms with van der Waals surface area (Å²) in [7, 11) is 0. The van der Waals surface area contributed by atoms with Gasteiger partial charge >= 0.3 is 0 Å². The van der Waals surface area contributed by atoms with Crippen LogP contribution in [0.2, 0.25) is 0 Å². The van der Waals surface area contributed by atoms with Crippen LogP contribution in [0.1, 0.15) is 47.7 Å². The number of fused-ring (bicyclic) bond motifs is 3. The molecule has 3 aromatic heterocycles. The van der Waals surface area contributed by atoms with Gasteiger partial charge in [0.05, 0.1) is 24.0 Å². The average Bonchev–Trinajstić information content (AvgIpc) is 3.54. The molecule has 164 valence electrons. The maximum atomic E-state index is 11.3. The number of hydrogen-bond acceptors (Lipinski definition) is 6. The Hall–Kier alpha value is -2.87. The van der Waals surface area contributed by atoms with Crippen molar-refractivity contribution in [1.29, 1.82) is 0 Å². The molecule has 2 N–H and O–H groups in total. The summed E-state index contributed by atoms with van der Waals surface area (Å²) < 4.78 is 7.42. The van der Waals surface area contributed by atoms with Gasteiger partial charge in [-0.2, -0.15) is 0 Å².